The van der Waals surface area contributed by atoms with Crippen LogP contribution in [-0.4, -0.2) is 28.3 Å². The van der Waals surface area contributed by atoms with E-state index in [2.05, 4.69) is 10.4 Å². The van der Waals surface area contributed by atoms with Crippen LogP contribution in [0.5, 0.6) is 0 Å². The molecule has 0 unspecified atom stereocenters. The predicted molar refractivity (Wildman–Crippen MR) is 113 cm³/mol. The number of hydrogen-bond donors (Lipinski definition) is 1. The van der Waals surface area contributed by atoms with Gasteiger partial charge in [0, 0.05) is 17.2 Å². The second kappa shape index (κ2) is 9.35. The molecule has 7 heteroatoms. The number of carbonyl (C=O) groups is 2. The summed E-state index contributed by atoms with van der Waals surface area (Å²) in [6.45, 7) is 5.78. The molecule has 1 N–H and O–H groups in total. The summed E-state index contributed by atoms with van der Waals surface area (Å²) in [6.07, 6.45) is 0.742. The number of anilines is 1. The third-order valence-electron chi connectivity index (χ3n) is 4.75. The number of ether oxygens (including phenoxy) is 1. The predicted octanol–water partition coefficient (Wildman–Crippen LogP) is 4.84. The fraction of sp³-hybridized carbons (Fsp3) is 0.261. The lowest BCUT2D eigenvalue weighted by molar-refractivity contribution is -0.119. The van der Waals surface area contributed by atoms with Crippen molar-refractivity contribution in [1.29, 1.82) is 0 Å². The maximum Gasteiger partial charge on any atom is 0.358 e. The normalized spacial score (nSPS) is 11.7. The summed E-state index contributed by atoms with van der Waals surface area (Å²) in [5.74, 6) is -1.07. The first-order valence-corrected chi connectivity index (χ1v) is 9.87. The fourth-order valence-electron chi connectivity index (χ4n) is 2.88. The molecule has 2 aromatic carbocycles. The zero-order valence-corrected chi connectivity index (χ0v) is 17.2. The van der Waals surface area contributed by atoms with Crippen molar-refractivity contribution in [3.05, 3.63) is 66.1 Å². The van der Waals surface area contributed by atoms with Crippen LogP contribution in [0, 0.1) is 11.7 Å². The molecular formula is C23H24FN3O3. The molecule has 1 amide bonds. The minimum absolute atomic E-state index is 0.0612. The zero-order chi connectivity index (χ0) is 21.7. The van der Waals surface area contributed by atoms with Crippen molar-refractivity contribution in [2.75, 3.05) is 11.9 Å². The third-order valence-corrected chi connectivity index (χ3v) is 4.75. The number of rotatable bonds is 7. The Hall–Kier alpha value is -3.48. The number of esters is 1. The third kappa shape index (κ3) is 4.74. The van der Waals surface area contributed by atoms with Gasteiger partial charge in [-0.2, -0.15) is 5.10 Å². The van der Waals surface area contributed by atoms with E-state index in [-0.39, 0.29) is 29.9 Å². The summed E-state index contributed by atoms with van der Waals surface area (Å²) in [5.41, 5.74) is 2.73. The van der Waals surface area contributed by atoms with E-state index in [4.69, 9.17) is 4.74 Å². The first-order chi connectivity index (χ1) is 14.4. The fourth-order valence-corrected chi connectivity index (χ4v) is 2.88. The average Bonchev–Trinajstić information content (AvgIpc) is 3.19. The molecule has 0 saturated carbocycles. The molecule has 1 aromatic heterocycles. The highest BCUT2D eigenvalue weighted by molar-refractivity contribution is 5.93. The van der Waals surface area contributed by atoms with Gasteiger partial charge in [-0.3, -0.25) is 4.79 Å². The molecule has 0 saturated heterocycles. The Morgan fingerprint density at radius 2 is 1.87 bits per heavy atom. The van der Waals surface area contributed by atoms with E-state index in [1.165, 1.54) is 12.1 Å². The first kappa shape index (κ1) is 21.2. The number of benzene rings is 2. The Labute approximate surface area is 174 Å². The monoisotopic (exact) mass is 409 g/mol. The van der Waals surface area contributed by atoms with Gasteiger partial charge in [0.2, 0.25) is 5.91 Å². The highest BCUT2D eigenvalue weighted by Gasteiger charge is 2.18. The molecule has 1 heterocycles. The molecule has 0 spiro atoms. The highest BCUT2D eigenvalue weighted by atomic mass is 19.1. The molecular weight excluding hydrogens is 385 g/mol. The minimum atomic E-state index is -0.541. The van der Waals surface area contributed by atoms with Crippen molar-refractivity contribution in [2.24, 2.45) is 5.92 Å². The van der Waals surface area contributed by atoms with Gasteiger partial charge in [0.15, 0.2) is 5.69 Å². The Bertz CT molecular complexity index is 1040. The van der Waals surface area contributed by atoms with Crippen LogP contribution >= 0.6 is 0 Å². The summed E-state index contributed by atoms with van der Waals surface area (Å²) in [5, 5.41) is 7.28. The Balaban J connectivity index is 2.03. The van der Waals surface area contributed by atoms with Gasteiger partial charge >= 0.3 is 5.97 Å². The maximum absolute atomic E-state index is 13.4. The summed E-state index contributed by atoms with van der Waals surface area (Å²) in [4.78, 5) is 24.5. The standard InChI is InChI=1S/C23H24FN3O3/c1-4-15(3)22(28)25-18-8-6-7-16(13-18)21-14-20(23(29)30-5-2)26-27(21)19-11-9-17(24)10-12-19/h6-15H,4-5H2,1-3H3,(H,25,28)/t15-/m0/s1. The van der Waals surface area contributed by atoms with Gasteiger partial charge < -0.3 is 10.1 Å². The lowest BCUT2D eigenvalue weighted by Crippen LogP contribution is -2.19. The molecule has 1 atom stereocenters. The van der Waals surface area contributed by atoms with Crippen LogP contribution in [0.15, 0.2) is 54.6 Å². The SMILES string of the molecule is CCOC(=O)c1cc(-c2cccc(NC(=O)[C@@H](C)CC)c2)n(-c2ccc(F)cc2)n1. The van der Waals surface area contributed by atoms with E-state index in [1.807, 2.05) is 32.0 Å². The van der Waals surface area contributed by atoms with Crippen LogP contribution in [0.25, 0.3) is 16.9 Å². The Morgan fingerprint density at radius 1 is 1.13 bits per heavy atom. The molecule has 30 heavy (non-hydrogen) atoms. The van der Waals surface area contributed by atoms with Crippen molar-refractivity contribution < 1.29 is 18.7 Å². The summed E-state index contributed by atoms with van der Waals surface area (Å²) >= 11 is 0. The van der Waals surface area contributed by atoms with E-state index in [1.54, 1.807) is 35.9 Å². The van der Waals surface area contributed by atoms with Gasteiger partial charge in [-0.25, -0.2) is 13.9 Å². The van der Waals surface area contributed by atoms with Crippen molar-refractivity contribution in [1.82, 2.24) is 9.78 Å². The molecule has 0 aliphatic heterocycles. The summed E-state index contributed by atoms with van der Waals surface area (Å²) < 4.78 is 20.0. The lowest BCUT2D eigenvalue weighted by Gasteiger charge is -2.12. The van der Waals surface area contributed by atoms with E-state index in [9.17, 15) is 14.0 Å². The molecule has 3 aromatic rings. The lowest BCUT2D eigenvalue weighted by atomic mass is 10.1. The van der Waals surface area contributed by atoms with Crippen molar-refractivity contribution in [3.63, 3.8) is 0 Å². The van der Waals surface area contributed by atoms with Gasteiger partial charge in [0.25, 0.3) is 0 Å². The number of carbonyl (C=O) groups excluding carboxylic acids is 2. The van der Waals surface area contributed by atoms with Crippen molar-refractivity contribution in [3.8, 4) is 16.9 Å². The van der Waals surface area contributed by atoms with Crippen LogP contribution in [0.1, 0.15) is 37.7 Å². The molecule has 0 aliphatic rings. The van der Waals surface area contributed by atoms with Gasteiger partial charge in [0.1, 0.15) is 5.82 Å². The highest BCUT2D eigenvalue weighted by Crippen LogP contribution is 2.27. The van der Waals surface area contributed by atoms with Crippen LogP contribution in [-0.2, 0) is 9.53 Å². The quantitative estimate of drug-likeness (QED) is 0.567. The zero-order valence-electron chi connectivity index (χ0n) is 17.2. The van der Waals surface area contributed by atoms with Crippen LogP contribution in [0.3, 0.4) is 0 Å². The van der Waals surface area contributed by atoms with Gasteiger partial charge in [-0.05, 0) is 55.8 Å². The second-order valence-corrected chi connectivity index (χ2v) is 6.90. The number of aromatic nitrogens is 2. The first-order valence-electron chi connectivity index (χ1n) is 9.87. The number of hydrogen-bond acceptors (Lipinski definition) is 4. The summed E-state index contributed by atoms with van der Waals surface area (Å²) in [6, 6.07) is 14.7. The number of halogens is 1. The minimum Gasteiger partial charge on any atom is -0.461 e. The smallest absolute Gasteiger partial charge is 0.358 e. The van der Waals surface area contributed by atoms with E-state index in [0.29, 0.717) is 17.1 Å². The van der Waals surface area contributed by atoms with Crippen molar-refractivity contribution in [2.45, 2.75) is 27.2 Å². The van der Waals surface area contributed by atoms with Crippen LogP contribution < -0.4 is 5.32 Å². The average molecular weight is 409 g/mol. The van der Waals surface area contributed by atoms with E-state index in [0.717, 1.165) is 12.0 Å². The van der Waals surface area contributed by atoms with Crippen molar-refractivity contribution >= 4 is 17.6 Å². The van der Waals surface area contributed by atoms with Gasteiger partial charge in [0.05, 0.1) is 18.0 Å². The largest absolute Gasteiger partial charge is 0.461 e. The Kier molecular flexibility index (Phi) is 6.61. The Morgan fingerprint density at radius 3 is 2.53 bits per heavy atom. The second-order valence-electron chi connectivity index (χ2n) is 6.90. The molecule has 3 rings (SSSR count). The summed E-state index contributed by atoms with van der Waals surface area (Å²) in [7, 11) is 0. The number of amides is 1. The van der Waals surface area contributed by atoms with E-state index >= 15 is 0 Å². The molecule has 0 aliphatic carbocycles. The molecule has 156 valence electrons. The van der Waals surface area contributed by atoms with Gasteiger partial charge in [-0.15, -0.1) is 0 Å². The van der Waals surface area contributed by atoms with E-state index < -0.39 is 5.97 Å². The molecule has 0 radical (unpaired) electrons. The molecule has 0 fully saturated rings. The van der Waals surface area contributed by atoms with Crippen LogP contribution in [0.2, 0.25) is 0 Å². The molecule has 0 bridgehead atoms. The topological polar surface area (TPSA) is 73.2 Å². The number of nitrogens with zero attached hydrogens (tertiary/aromatic N) is 2. The number of nitrogens with one attached hydrogen (secondary N) is 1. The van der Waals surface area contributed by atoms with Gasteiger partial charge in [-0.1, -0.05) is 26.0 Å². The maximum atomic E-state index is 13.4. The molecule has 6 nitrogen and oxygen atoms in total. The van der Waals surface area contributed by atoms with Crippen LogP contribution in [0.4, 0.5) is 10.1 Å².